The molecule has 0 bridgehead atoms. The average molecular weight is 376 g/mol. The van der Waals surface area contributed by atoms with E-state index in [1.807, 2.05) is 30.3 Å². The van der Waals surface area contributed by atoms with Crippen LogP contribution in [0.5, 0.6) is 0 Å². The van der Waals surface area contributed by atoms with E-state index in [0.717, 1.165) is 24.0 Å². The van der Waals surface area contributed by atoms with Crippen molar-refractivity contribution in [1.29, 1.82) is 5.26 Å². The van der Waals surface area contributed by atoms with Crippen LogP contribution in [0.2, 0.25) is 0 Å². The summed E-state index contributed by atoms with van der Waals surface area (Å²) in [5, 5.41) is 9.53. The fourth-order valence-electron chi connectivity index (χ4n) is 2.89. The van der Waals surface area contributed by atoms with E-state index in [2.05, 4.69) is 17.7 Å². The van der Waals surface area contributed by atoms with E-state index < -0.39 is 10.0 Å². The summed E-state index contributed by atoms with van der Waals surface area (Å²) in [5.74, 6) is 0. The fraction of sp³-hybridized carbons (Fsp3) is 0.136. The SMILES string of the molecule is CCCc1ccc(-c2ccc(S(=O)(=O)Nc3ccccc3)cc2C#N)cc1. The largest absolute Gasteiger partial charge is 0.280 e. The molecule has 136 valence electrons. The maximum atomic E-state index is 12.6. The highest BCUT2D eigenvalue weighted by molar-refractivity contribution is 7.92. The van der Waals surface area contributed by atoms with Gasteiger partial charge < -0.3 is 0 Å². The summed E-state index contributed by atoms with van der Waals surface area (Å²) in [6, 6.07) is 23.4. The molecule has 0 unspecified atom stereocenters. The van der Waals surface area contributed by atoms with Crippen LogP contribution >= 0.6 is 0 Å². The highest BCUT2D eigenvalue weighted by Gasteiger charge is 2.17. The zero-order chi connectivity index (χ0) is 19.3. The van der Waals surface area contributed by atoms with Gasteiger partial charge in [0, 0.05) is 5.69 Å². The molecule has 0 amide bonds. The third-order valence-electron chi connectivity index (χ3n) is 4.25. The Kier molecular flexibility index (Phi) is 5.58. The lowest BCUT2D eigenvalue weighted by Gasteiger charge is -2.11. The van der Waals surface area contributed by atoms with Crippen molar-refractivity contribution < 1.29 is 8.42 Å². The molecule has 3 rings (SSSR count). The summed E-state index contributed by atoms with van der Waals surface area (Å²) in [5.41, 5.74) is 3.66. The van der Waals surface area contributed by atoms with Gasteiger partial charge in [0.25, 0.3) is 10.0 Å². The third-order valence-corrected chi connectivity index (χ3v) is 5.63. The van der Waals surface area contributed by atoms with Crippen molar-refractivity contribution >= 4 is 15.7 Å². The normalized spacial score (nSPS) is 11.0. The molecule has 0 fully saturated rings. The molecule has 0 spiro atoms. The van der Waals surface area contributed by atoms with Crippen LogP contribution in [-0.4, -0.2) is 8.42 Å². The predicted octanol–water partition coefficient (Wildman–Crippen LogP) is 4.98. The first-order valence-corrected chi connectivity index (χ1v) is 10.2. The molecule has 5 heteroatoms. The number of sulfonamides is 1. The van der Waals surface area contributed by atoms with Gasteiger partial charge in [0.15, 0.2) is 0 Å². The molecule has 0 saturated heterocycles. The van der Waals surface area contributed by atoms with Gasteiger partial charge in [-0.25, -0.2) is 8.42 Å². The van der Waals surface area contributed by atoms with Crippen molar-refractivity contribution in [1.82, 2.24) is 0 Å². The molecule has 0 aliphatic carbocycles. The van der Waals surface area contributed by atoms with Crippen LogP contribution in [0.4, 0.5) is 5.69 Å². The Morgan fingerprint density at radius 1 is 0.963 bits per heavy atom. The Bertz CT molecular complexity index is 1070. The van der Waals surface area contributed by atoms with Crippen molar-refractivity contribution in [2.24, 2.45) is 0 Å². The minimum Gasteiger partial charge on any atom is -0.280 e. The lowest BCUT2D eigenvalue weighted by atomic mass is 9.98. The smallest absolute Gasteiger partial charge is 0.261 e. The van der Waals surface area contributed by atoms with Crippen LogP contribution in [0.25, 0.3) is 11.1 Å². The van der Waals surface area contributed by atoms with Crippen LogP contribution in [0, 0.1) is 11.3 Å². The Hall–Kier alpha value is -3.10. The molecule has 3 aromatic rings. The van der Waals surface area contributed by atoms with E-state index in [-0.39, 0.29) is 4.90 Å². The number of nitriles is 1. The number of para-hydroxylation sites is 1. The first kappa shape index (κ1) is 18.7. The molecule has 1 N–H and O–H groups in total. The Morgan fingerprint density at radius 2 is 1.67 bits per heavy atom. The molecule has 4 nitrogen and oxygen atoms in total. The number of aryl methyl sites for hydroxylation is 1. The number of nitrogens with one attached hydrogen (secondary N) is 1. The monoisotopic (exact) mass is 376 g/mol. The van der Waals surface area contributed by atoms with Gasteiger partial charge in [-0.05, 0) is 47.4 Å². The van der Waals surface area contributed by atoms with Crippen molar-refractivity contribution in [3.8, 4) is 17.2 Å². The Balaban J connectivity index is 1.93. The quantitative estimate of drug-likeness (QED) is 0.660. The van der Waals surface area contributed by atoms with Gasteiger partial charge in [-0.1, -0.05) is 61.9 Å². The topological polar surface area (TPSA) is 70.0 Å². The second kappa shape index (κ2) is 8.07. The van der Waals surface area contributed by atoms with Gasteiger partial charge in [-0.3, -0.25) is 4.72 Å². The molecule has 27 heavy (non-hydrogen) atoms. The Morgan fingerprint density at radius 3 is 2.30 bits per heavy atom. The average Bonchev–Trinajstić information content (AvgIpc) is 2.69. The summed E-state index contributed by atoms with van der Waals surface area (Å²) in [6.07, 6.45) is 2.08. The van der Waals surface area contributed by atoms with Gasteiger partial charge in [-0.2, -0.15) is 5.26 Å². The van der Waals surface area contributed by atoms with Crippen LogP contribution in [-0.2, 0) is 16.4 Å². The minimum atomic E-state index is -3.76. The number of anilines is 1. The lowest BCUT2D eigenvalue weighted by Crippen LogP contribution is -2.13. The maximum absolute atomic E-state index is 12.6. The summed E-state index contributed by atoms with van der Waals surface area (Å²) < 4.78 is 27.8. The van der Waals surface area contributed by atoms with Crippen molar-refractivity contribution in [3.63, 3.8) is 0 Å². The molecule has 0 aliphatic rings. The van der Waals surface area contributed by atoms with E-state index in [9.17, 15) is 13.7 Å². The second-order valence-corrected chi connectivity index (χ2v) is 7.92. The molecule has 0 saturated carbocycles. The molecular formula is C22H20N2O2S. The standard InChI is InChI=1S/C22H20N2O2S/c1-2-6-17-9-11-18(12-10-17)22-14-13-21(15-19(22)16-23)27(25,26)24-20-7-4-3-5-8-20/h3-5,7-15,24H,2,6H2,1H3. The van der Waals surface area contributed by atoms with E-state index in [1.54, 1.807) is 30.3 Å². The van der Waals surface area contributed by atoms with Crippen LogP contribution in [0.3, 0.4) is 0 Å². The maximum Gasteiger partial charge on any atom is 0.261 e. The summed E-state index contributed by atoms with van der Waals surface area (Å²) >= 11 is 0. The summed E-state index contributed by atoms with van der Waals surface area (Å²) in [4.78, 5) is 0.0641. The number of rotatable bonds is 6. The van der Waals surface area contributed by atoms with Crippen LogP contribution < -0.4 is 4.72 Å². The van der Waals surface area contributed by atoms with Gasteiger partial charge in [0.05, 0.1) is 16.5 Å². The van der Waals surface area contributed by atoms with Crippen molar-refractivity contribution in [2.45, 2.75) is 24.7 Å². The number of benzene rings is 3. The first-order chi connectivity index (χ1) is 13.0. The minimum absolute atomic E-state index is 0.0641. The molecule has 0 atom stereocenters. The fourth-order valence-corrected chi connectivity index (χ4v) is 3.98. The number of nitrogens with zero attached hydrogens (tertiary/aromatic N) is 1. The van der Waals surface area contributed by atoms with Crippen molar-refractivity contribution in [2.75, 3.05) is 4.72 Å². The van der Waals surface area contributed by atoms with Crippen LogP contribution in [0.1, 0.15) is 24.5 Å². The second-order valence-electron chi connectivity index (χ2n) is 6.24. The molecule has 0 radical (unpaired) electrons. The zero-order valence-electron chi connectivity index (χ0n) is 15.0. The third kappa shape index (κ3) is 4.36. The molecule has 0 aromatic heterocycles. The van der Waals surface area contributed by atoms with E-state index in [4.69, 9.17) is 0 Å². The first-order valence-electron chi connectivity index (χ1n) is 8.75. The van der Waals surface area contributed by atoms with E-state index in [0.29, 0.717) is 11.3 Å². The molecular weight excluding hydrogens is 356 g/mol. The Labute approximate surface area is 160 Å². The van der Waals surface area contributed by atoms with Gasteiger partial charge >= 0.3 is 0 Å². The molecule has 0 heterocycles. The van der Waals surface area contributed by atoms with Crippen LogP contribution in [0.15, 0.2) is 77.7 Å². The van der Waals surface area contributed by atoms with Gasteiger partial charge in [0.1, 0.15) is 0 Å². The highest BCUT2D eigenvalue weighted by Crippen LogP contribution is 2.27. The predicted molar refractivity (Wildman–Crippen MR) is 108 cm³/mol. The van der Waals surface area contributed by atoms with Gasteiger partial charge in [-0.15, -0.1) is 0 Å². The molecule has 0 aliphatic heterocycles. The van der Waals surface area contributed by atoms with Crippen molar-refractivity contribution in [3.05, 3.63) is 83.9 Å². The zero-order valence-corrected chi connectivity index (χ0v) is 15.8. The molecule has 3 aromatic carbocycles. The lowest BCUT2D eigenvalue weighted by molar-refractivity contribution is 0.601. The summed E-state index contributed by atoms with van der Waals surface area (Å²) in [7, 11) is -3.76. The number of hydrogen-bond acceptors (Lipinski definition) is 3. The van der Waals surface area contributed by atoms with E-state index in [1.165, 1.54) is 17.7 Å². The van der Waals surface area contributed by atoms with E-state index >= 15 is 0 Å². The summed E-state index contributed by atoms with van der Waals surface area (Å²) in [6.45, 7) is 2.13. The van der Waals surface area contributed by atoms with Gasteiger partial charge in [0.2, 0.25) is 0 Å². The highest BCUT2D eigenvalue weighted by atomic mass is 32.2. The number of hydrogen-bond donors (Lipinski definition) is 1.